The van der Waals surface area contributed by atoms with E-state index in [9.17, 15) is 9.59 Å². The van der Waals surface area contributed by atoms with Crippen LogP contribution in [-0.2, 0) is 4.79 Å². The highest BCUT2D eigenvalue weighted by molar-refractivity contribution is 7.14. The number of hydrogen-bond acceptors (Lipinski definition) is 5. The van der Waals surface area contributed by atoms with Gasteiger partial charge in [0.25, 0.3) is 5.91 Å². The number of pyridine rings is 1. The third-order valence-corrected chi connectivity index (χ3v) is 4.61. The third-order valence-electron chi connectivity index (χ3n) is 3.85. The molecular formula is C20H20N4O2S. The van der Waals surface area contributed by atoms with Crippen LogP contribution in [0, 0.1) is 0 Å². The topological polar surface area (TPSA) is 84.0 Å². The van der Waals surface area contributed by atoms with Gasteiger partial charge in [0.05, 0.1) is 11.3 Å². The van der Waals surface area contributed by atoms with E-state index in [1.54, 1.807) is 18.3 Å². The number of carbonyl (C=O) groups is 2. The van der Waals surface area contributed by atoms with E-state index in [0.29, 0.717) is 22.8 Å². The monoisotopic (exact) mass is 380 g/mol. The van der Waals surface area contributed by atoms with Crippen molar-refractivity contribution in [1.29, 1.82) is 0 Å². The lowest BCUT2D eigenvalue weighted by Gasteiger charge is -2.06. The van der Waals surface area contributed by atoms with Crippen LogP contribution < -0.4 is 10.6 Å². The van der Waals surface area contributed by atoms with Gasteiger partial charge in [-0.3, -0.25) is 14.6 Å². The fourth-order valence-electron chi connectivity index (χ4n) is 2.44. The molecule has 0 saturated heterocycles. The average Bonchev–Trinajstić information content (AvgIpc) is 3.15. The van der Waals surface area contributed by atoms with E-state index in [1.807, 2.05) is 29.6 Å². The minimum absolute atomic E-state index is 0.0183. The number of rotatable bonds is 7. The molecule has 0 aliphatic carbocycles. The molecule has 27 heavy (non-hydrogen) atoms. The molecule has 3 rings (SSSR count). The highest BCUT2D eigenvalue weighted by atomic mass is 32.1. The van der Waals surface area contributed by atoms with Gasteiger partial charge in [0, 0.05) is 35.4 Å². The summed E-state index contributed by atoms with van der Waals surface area (Å²) in [5.41, 5.74) is 2.78. The molecule has 0 atom stereocenters. The molecule has 0 aliphatic rings. The summed E-state index contributed by atoms with van der Waals surface area (Å²) in [5.74, 6) is -0.238. The van der Waals surface area contributed by atoms with Crippen molar-refractivity contribution in [3.63, 3.8) is 0 Å². The van der Waals surface area contributed by atoms with Gasteiger partial charge in [-0.2, -0.15) is 0 Å². The van der Waals surface area contributed by atoms with Crippen LogP contribution in [0.4, 0.5) is 10.8 Å². The highest BCUT2D eigenvalue weighted by Gasteiger charge is 2.10. The number of amides is 2. The van der Waals surface area contributed by atoms with Crippen molar-refractivity contribution in [3.05, 3.63) is 59.7 Å². The van der Waals surface area contributed by atoms with Crippen LogP contribution in [0.15, 0.2) is 54.2 Å². The molecule has 0 spiro atoms. The minimum atomic E-state index is -0.220. The molecular weight excluding hydrogens is 360 g/mol. The van der Waals surface area contributed by atoms with Gasteiger partial charge in [-0.1, -0.05) is 25.5 Å². The fraction of sp³-hybridized carbons (Fsp3) is 0.200. The van der Waals surface area contributed by atoms with Crippen LogP contribution >= 0.6 is 11.3 Å². The van der Waals surface area contributed by atoms with Crippen molar-refractivity contribution in [1.82, 2.24) is 9.97 Å². The van der Waals surface area contributed by atoms with Gasteiger partial charge in [0.2, 0.25) is 5.91 Å². The molecule has 0 radical (unpaired) electrons. The van der Waals surface area contributed by atoms with Gasteiger partial charge >= 0.3 is 0 Å². The van der Waals surface area contributed by atoms with E-state index in [-0.39, 0.29) is 11.8 Å². The summed E-state index contributed by atoms with van der Waals surface area (Å²) in [6.45, 7) is 2.05. The zero-order valence-electron chi connectivity index (χ0n) is 14.9. The molecule has 6 nitrogen and oxygen atoms in total. The normalized spacial score (nSPS) is 10.4. The number of thiazole rings is 1. The summed E-state index contributed by atoms with van der Waals surface area (Å²) in [5, 5.41) is 8.15. The second-order valence-electron chi connectivity index (χ2n) is 5.97. The molecule has 0 unspecified atom stereocenters. The largest absolute Gasteiger partial charge is 0.322 e. The first-order valence-corrected chi connectivity index (χ1v) is 9.61. The number of nitrogens with zero attached hydrogens (tertiary/aromatic N) is 2. The van der Waals surface area contributed by atoms with E-state index in [2.05, 4.69) is 27.5 Å². The Morgan fingerprint density at radius 3 is 2.81 bits per heavy atom. The number of nitrogens with one attached hydrogen (secondary N) is 2. The van der Waals surface area contributed by atoms with Crippen LogP contribution in [0.25, 0.3) is 11.3 Å². The third kappa shape index (κ3) is 5.21. The lowest BCUT2D eigenvalue weighted by Crippen LogP contribution is -2.12. The number of benzene rings is 1. The van der Waals surface area contributed by atoms with Gasteiger partial charge in [-0.15, -0.1) is 11.3 Å². The maximum Gasteiger partial charge on any atom is 0.257 e. The lowest BCUT2D eigenvalue weighted by atomic mass is 10.1. The highest BCUT2D eigenvalue weighted by Crippen LogP contribution is 2.27. The Morgan fingerprint density at radius 1 is 1.15 bits per heavy atom. The fourth-order valence-corrected chi connectivity index (χ4v) is 3.18. The Balaban J connectivity index is 1.69. The summed E-state index contributed by atoms with van der Waals surface area (Å²) in [7, 11) is 0. The summed E-state index contributed by atoms with van der Waals surface area (Å²) < 4.78 is 0. The summed E-state index contributed by atoms with van der Waals surface area (Å²) in [6.07, 6.45) is 5.49. The van der Waals surface area contributed by atoms with Crippen LogP contribution in [0.5, 0.6) is 0 Å². The van der Waals surface area contributed by atoms with E-state index in [0.717, 1.165) is 24.1 Å². The Kier molecular flexibility index (Phi) is 6.27. The van der Waals surface area contributed by atoms with E-state index in [4.69, 9.17) is 0 Å². The van der Waals surface area contributed by atoms with E-state index >= 15 is 0 Å². The Morgan fingerprint density at radius 2 is 2.04 bits per heavy atom. The maximum absolute atomic E-state index is 12.3. The predicted octanol–water partition coefficient (Wildman–Crippen LogP) is 4.59. The quantitative estimate of drug-likeness (QED) is 0.628. The van der Waals surface area contributed by atoms with Crippen molar-refractivity contribution in [2.24, 2.45) is 0 Å². The maximum atomic E-state index is 12.3. The molecule has 2 heterocycles. The average molecular weight is 380 g/mol. The van der Waals surface area contributed by atoms with Gasteiger partial charge < -0.3 is 10.6 Å². The van der Waals surface area contributed by atoms with Gasteiger partial charge in [0.15, 0.2) is 5.13 Å². The first-order valence-electron chi connectivity index (χ1n) is 8.73. The molecule has 7 heteroatoms. The van der Waals surface area contributed by atoms with Crippen LogP contribution in [-0.4, -0.2) is 21.8 Å². The molecule has 2 amide bonds. The zero-order valence-corrected chi connectivity index (χ0v) is 15.8. The molecule has 2 N–H and O–H groups in total. The number of anilines is 2. The molecule has 0 saturated carbocycles. The number of hydrogen-bond donors (Lipinski definition) is 2. The van der Waals surface area contributed by atoms with Crippen LogP contribution in [0.1, 0.15) is 36.5 Å². The second kappa shape index (κ2) is 9.05. The minimum Gasteiger partial charge on any atom is -0.322 e. The van der Waals surface area contributed by atoms with Crippen molar-refractivity contribution in [3.8, 4) is 11.3 Å². The van der Waals surface area contributed by atoms with E-state index in [1.165, 1.54) is 17.5 Å². The number of carbonyl (C=O) groups excluding carboxylic acids is 2. The van der Waals surface area contributed by atoms with Crippen molar-refractivity contribution >= 4 is 34.0 Å². The first-order chi connectivity index (χ1) is 13.2. The Labute approximate surface area is 161 Å². The standard InChI is InChI=1S/C20H20N4O2S/c1-2-3-9-18(25)24-20-23-17(13-27-20)14-6-4-8-16(11-14)22-19(26)15-7-5-10-21-12-15/h4-8,10-13H,2-3,9H2,1H3,(H,22,26)(H,23,24,25). The Hall–Kier alpha value is -3.06. The molecule has 1 aromatic carbocycles. The number of aromatic nitrogens is 2. The molecule has 2 aromatic heterocycles. The smallest absolute Gasteiger partial charge is 0.257 e. The molecule has 0 fully saturated rings. The predicted molar refractivity (Wildman–Crippen MR) is 108 cm³/mol. The summed E-state index contributed by atoms with van der Waals surface area (Å²) >= 11 is 1.38. The van der Waals surface area contributed by atoms with E-state index < -0.39 is 0 Å². The number of unbranched alkanes of at least 4 members (excludes halogenated alkanes) is 1. The van der Waals surface area contributed by atoms with Crippen molar-refractivity contribution in [2.45, 2.75) is 26.2 Å². The molecule has 0 bridgehead atoms. The van der Waals surface area contributed by atoms with Gasteiger partial charge in [-0.25, -0.2) is 4.98 Å². The zero-order chi connectivity index (χ0) is 19.1. The molecule has 138 valence electrons. The van der Waals surface area contributed by atoms with Gasteiger partial charge in [-0.05, 0) is 30.7 Å². The Bertz CT molecular complexity index is 924. The van der Waals surface area contributed by atoms with Crippen molar-refractivity contribution < 1.29 is 9.59 Å². The molecule has 3 aromatic rings. The van der Waals surface area contributed by atoms with Crippen LogP contribution in [0.2, 0.25) is 0 Å². The SMILES string of the molecule is CCCCC(=O)Nc1nc(-c2cccc(NC(=O)c3cccnc3)c2)cs1. The first kappa shape index (κ1) is 18.7. The lowest BCUT2D eigenvalue weighted by molar-refractivity contribution is -0.116. The molecule has 0 aliphatic heterocycles. The van der Waals surface area contributed by atoms with Crippen molar-refractivity contribution in [2.75, 3.05) is 10.6 Å². The van der Waals surface area contributed by atoms with Crippen LogP contribution in [0.3, 0.4) is 0 Å². The summed E-state index contributed by atoms with van der Waals surface area (Å²) in [4.78, 5) is 32.5. The van der Waals surface area contributed by atoms with Gasteiger partial charge in [0.1, 0.15) is 0 Å². The second-order valence-corrected chi connectivity index (χ2v) is 6.82. The summed E-state index contributed by atoms with van der Waals surface area (Å²) in [6, 6.07) is 10.9.